The zero-order valence-electron chi connectivity index (χ0n) is 12.5. The molecule has 0 saturated carbocycles. The maximum atomic E-state index is 5.81. The number of hydrazine groups is 1. The Balaban J connectivity index is 2.50. The first-order valence-corrected chi connectivity index (χ1v) is 6.75. The second-order valence-electron chi connectivity index (χ2n) is 5.11. The van der Waals surface area contributed by atoms with Crippen LogP contribution < -0.4 is 16.0 Å². The standard InChI is InChI=1S/C17H22N2O/c1-11-6-5-7-16(13(11)3)17(19-18)15-9-8-14(20-4)10-12(15)2/h5-10,17,19H,18H2,1-4H3. The van der Waals surface area contributed by atoms with Crippen LogP contribution in [0.2, 0.25) is 0 Å². The summed E-state index contributed by atoms with van der Waals surface area (Å²) in [5, 5.41) is 0. The fraction of sp³-hybridized carbons (Fsp3) is 0.294. The Morgan fingerprint density at radius 2 is 1.75 bits per heavy atom. The van der Waals surface area contributed by atoms with Crippen LogP contribution in [0, 0.1) is 20.8 Å². The van der Waals surface area contributed by atoms with Gasteiger partial charge in [-0.05, 0) is 60.7 Å². The van der Waals surface area contributed by atoms with Gasteiger partial charge in [0.25, 0.3) is 0 Å². The molecular weight excluding hydrogens is 248 g/mol. The molecule has 1 unspecified atom stereocenters. The molecule has 2 aromatic rings. The van der Waals surface area contributed by atoms with Crippen LogP contribution in [0.15, 0.2) is 36.4 Å². The topological polar surface area (TPSA) is 47.3 Å². The van der Waals surface area contributed by atoms with E-state index in [4.69, 9.17) is 10.6 Å². The maximum absolute atomic E-state index is 5.81. The van der Waals surface area contributed by atoms with Crippen LogP contribution in [0.25, 0.3) is 0 Å². The average molecular weight is 270 g/mol. The maximum Gasteiger partial charge on any atom is 0.119 e. The van der Waals surface area contributed by atoms with Gasteiger partial charge in [-0.25, -0.2) is 5.43 Å². The van der Waals surface area contributed by atoms with Crippen LogP contribution in [-0.4, -0.2) is 7.11 Å². The first-order valence-electron chi connectivity index (χ1n) is 6.75. The van der Waals surface area contributed by atoms with E-state index in [-0.39, 0.29) is 6.04 Å². The number of benzene rings is 2. The lowest BCUT2D eigenvalue weighted by atomic mass is 9.91. The molecule has 0 aliphatic heterocycles. The molecular formula is C17H22N2O. The van der Waals surface area contributed by atoms with Crippen molar-refractivity contribution in [1.29, 1.82) is 0 Å². The van der Waals surface area contributed by atoms with Crippen LogP contribution in [0.3, 0.4) is 0 Å². The van der Waals surface area contributed by atoms with E-state index in [2.05, 4.69) is 50.5 Å². The van der Waals surface area contributed by atoms with Crippen molar-refractivity contribution in [1.82, 2.24) is 5.43 Å². The van der Waals surface area contributed by atoms with Gasteiger partial charge in [-0.3, -0.25) is 5.84 Å². The summed E-state index contributed by atoms with van der Waals surface area (Å²) in [6, 6.07) is 12.4. The first kappa shape index (κ1) is 14.6. The highest BCUT2D eigenvalue weighted by atomic mass is 16.5. The number of hydrogen-bond acceptors (Lipinski definition) is 3. The van der Waals surface area contributed by atoms with E-state index in [1.165, 1.54) is 22.3 Å². The minimum Gasteiger partial charge on any atom is -0.497 e. The molecule has 3 heteroatoms. The van der Waals surface area contributed by atoms with Crippen LogP contribution in [0.5, 0.6) is 5.75 Å². The molecule has 0 aliphatic carbocycles. The van der Waals surface area contributed by atoms with Crippen LogP contribution in [0.1, 0.15) is 33.9 Å². The minimum atomic E-state index is -0.0131. The van der Waals surface area contributed by atoms with Gasteiger partial charge in [0.05, 0.1) is 13.2 Å². The third-order valence-electron chi connectivity index (χ3n) is 3.91. The van der Waals surface area contributed by atoms with Gasteiger partial charge in [0, 0.05) is 0 Å². The molecule has 0 bridgehead atoms. The van der Waals surface area contributed by atoms with Crippen molar-refractivity contribution in [2.45, 2.75) is 26.8 Å². The van der Waals surface area contributed by atoms with E-state index >= 15 is 0 Å². The Labute approximate surface area is 120 Å². The highest BCUT2D eigenvalue weighted by Crippen LogP contribution is 2.29. The molecule has 3 N–H and O–H groups in total. The van der Waals surface area contributed by atoms with E-state index in [0.29, 0.717) is 0 Å². The third kappa shape index (κ3) is 2.69. The molecule has 0 heterocycles. The Hall–Kier alpha value is -1.84. The third-order valence-corrected chi connectivity index (χ3v) is 3.91. The summed E-state index contributed by atoms with van der Waals surface area (Å²) in [6.07, 6.45) is 0. The van der Waals surface area contributed by atoms with E-state index in [0.717, 1.165) is 11.3 Å². The zero-order chi connectivity index (χ0) is 14.7. The van der Waals surface area contributed by atoms with Crippen molar-refractivity contribution >= 4 is 0 Å². The Morgan fingerprint density at radius 3 is 2.35 bits per heavy atom. The summed E-state index contributed by atoms with van der Waals surface area (Å²) in [7, 11) is 1.68. The average Bonchev–Trinajstić information content (AvgIpc) is 2.45. The summed E-state index contributed by atoms with van der Waals surface area (Å²) >= 11 is 0. The zero-order valence-corrected chi connectivity index (χ0v) is 12.5. The number of rotatable bonds is 4. The highest BCUT2D eigenvalue weighted by molar-refractivity contribution is 5.45. The molecule has 3 nitrogen and oxygen atoms in total. The molecule has 20 heavy (non-hydrogen) atoms. The predicted octanol–water partition coefficient (Wildman–Crippen LogP) is 3.17. The van der Waals surface area contributed by atoms with E-state index in [1.807, 2.05) is 12.1 Å². The van der Waals surface area contributed by atoms with Gasteiger partial charge in [0.1, 0.15) is 5.75 Å². The fourth-order valence-electron chi connectivity index (χ4n) is 2.53. The normalized spacial score (nSPS) is 12.2. The predicted molar refractivity (Wildman–Crippen MR) is 82.8 cm³/mol. The molecule has 0 saturated heterocycles. The summed E-state index contributed by atoms with van der Waals surface area (Å²) in [5.74, 6) is 6.68. The van der Waals surface area contributed by atoms with Crippen LogP contribution >= 0.6 is 0 Å². The molecule has 0 amide bonds. The Kier molecular flexibility index (Phi) is 4.42. The van der Waals surface area contributed by atoms with Gasteiger partial charge < -0.3 is 4.74 Å². The SMILES string of the molecule is COc1ccc(C(NN)c2cccc(C)c2C)c(C)c1. The summed E-state index contributed by atoms with van der Waals surface area (Å²) in [6.45, 7) is 6.33. The monoisotopic (exact) mass is 270 g/mol. The molecule has 0 radical (unpaired) electrons. The number of ether oxygens (including phenoxy) is 1. The smallest absolute Gasteiger partial charge is 0.119 e. The lowest BCUT2D eigenvalue weighted by Crippen LogP contribution is -2.30. The molecule has 2 rings (SSSR count). The minimum absolute atomic E-state index is 0.0131. The van der Waals surface area contributed by atoms with Crippen molar-refractivity contribution in [3.63, 3.8) is 0 Å². The molecule has 0 spiro atoms. The number of hydrogen-bond donors (Lipinski definition) is 2. The summed E-state index contributed by atoms with van der Waals surface area (Å²) in [4.78, 5) is 0. The van der Waals surface area contributed by atoms with E-state index in [1.54, 1.807) is 7.11 Å². The van der Waals surface area contributed by atoms with Gasteiger partial charge in [0.2, 0.25) is 0 Å². The number of methoxy groups -OCH3 is 1. The highest BCUT2D eigenvalue weighted by Gasteiger charge is 2.17. The number of aryl methyl sites for hydroxylation is 2. The fourth-order valence-corrected chi connectivity index (χ4v) is 2.53. The van der Waals surface area contributed by atoms with Gasteiger partial charge in [-0.2, -0.15) is 0 Å². The van der Waals surface area contributed by atoms with Crippen LogP contribution in [0.4, 0.5) is 0 Å². The Bertz CT molecular complexity index is 608. The van der Waals surface area contributed by atoms with Gasteiger partial charge in [-0.1, -0.05) is 24.3 Å². The molecule has 1 atom stereocenters. The quantitative estimate of drug-likeness (QED) is 0.662. The van der Waals surface area contributed by atoms with Crippen molar-refractivity contribution in [3.8, 4) is 5.75 Å². The molecule has 106 valence electrons. The lowest BCUT2D eigenvalue weighted by Gasteiger charge is -2.22. The van der Waals surface area contributed by atoms with Crippen LogP contribution in [-0.2, 0) is 0 Å². The van der Waals surface area contributed by atoms with Gasteiger partial charge in [-0.15, -0.1) is 0 Å². The molecule has 2 aromatic carbocycles. The van der Waals surface area contributed by atoms with Crippen molar-refractivity contribution in [2.75, 3.05) is 7.11 Å². The van der Waals surface area contributed by atoms with Crippen molar-refractivity contribution in [2.24, 2.45) is 5.84 Å². The first-order chi connectivity index (χ1) is 9.58. The molecule has 0 aliphatic rings. The largest absolute Gasteiger partial charge is 0.497 e. The molecule has 0 aromatic heterocycles. The van der Waals surface area contributed by atoms with E-state index in [9.17, 15) is 0 Å². The van der Waals surface area contributed by atoms with Crippen molar-refractivity contribution < 1.29 is 4.74 Å². The summed E-state index contributed by atoms with van der Waals surface area (Å²) < 4.78 is 5.26. The van der Waals surface area contributed by atoms with E-state index < -0.39 is 0 Å². The number of nitrogens with one attached hydrogen (secondary N) is 1. The van der Waals surface area contributed by atoms with Crippen molar-refractivity contribution in [3.05, 3.63) is 64.2 Å². The lowest BCUT2D eigenvalue weighted by molar-refractivity contribution is 0.414. The molecule has 0 fully saturated rings. The second kappa shape index (κ2) is 6.07. The van der Waals surface area contributed by atoms with Gasteiger partial charge in [0.15, 0.2) is 0 Å². The van der Waals surface area contributed by atoms with Gasteiger partial charge >= 0.3 is 0 Å². The summed E-state index contributed by atoms with van der Waals surface area (Å²) in [5.41, 5.74) is 9.02. The second-order valence-corrected chi connectivity index (χ2v) is 5.11. The Morgan fingerprint density at radius 1 is 1.00 bits per heavy atom. The number of nitrogens with two attached hydrogens (primary N) is 1.